The van der Waals surface area contributed by atoms with Gasteiger partial charge >= 0.3 is 6.03 Å². The number of nitrogens with one attached hydrogen (secondary N) is 1. The minimum absolute atomic E-state index is 0.0221. The van der Waals surface area contributed by atoms with Crippen LogP contribution in [0.3, 0.4) is 0 Å². The average molecular weight is 220 g/mol. The van der Waals surface area contributed by atoms with Gasteiger partial charge in [0.1, 0.15) is 5.75 Å². The number of rotatable bonds is 4. The molecule has 0 atom stereocenters. The van der Waals surface area contributed by atoms with E-state index in [2.05, 4.69) is 5.32 Å². The summed E-state index contributed by atoms with van der Waals surface area (Å²) in [5.41, 5.74) is 1.13. The van der Waals surface area contributed by atoms with Crippen molar-refractivity contribution in [1.29, 1.82) is 0 Å². The van der Waals surface area contributed by atoms with Gasteiger partial charge in [-0.05, 0) is 24.6 Å². The number of nitrogens with zero attached hydrogens (tertiary/aromatic N) is 1. The molecule has 0 unspecified atom stereocenters. The first-order chi connectivity index (χ1) is 7.79. The molecule has 1 aromatic carbocycles. The van der Waals surface area contributed by atoms with Gasteiger partial charge in [-0.1, -0.05) is 12.1 Å². The fourth-order valence-corrected chi connectivity index (χ4v) is 1.74. The van der Waals surface area contributed by atoms with Crippen LogP contribution in [-0.4, -0.2) is 30.6 Å². The van der Waals surface area contributed by atoms with Gasteiger partial charge in [-0.15, -0.1) is 0 Å². The number of carbonyl (C=O) groups excluding carboxylic acids is 1. The fourth-order valence-electron chi connectivity index (χ4n) is 1.74. The Morgan fingerprint density at radius 3 is 2.69 bits per heavy atom. The summed E-state index contributed by atoms with van der Waals surface area (Å²) in [5.74, 6) is 0.872. The maximum atomic E-state index is 11.3. The molecule has 1 saturated heterocycles. The van der Waals surface area contributed by atoms with Crippen LogP contribution < -0.4 is 10.1 Å². The van der Waals surface area contributed by atoms with E-state index in [9.17, 15) is 4.79 Å². The first-order valence-electron chi connectivity index (χ1n) is 5.54. The molecule has 16 heavy (non-hydrogen) atoms. The summed E-state index contributed by atoms with van der Waals surface area (Å²) in [5, 5.41) is 2.78. The lowest BCUT2D eigenvalue weighted by Crippen LogP contribution is -2.27. The highest BCUT2D eigenvalue weighted by Gasteiger charge is 2.18. The van der Waals surface area contributed by atoms with Gasteiger partial charge in [0.2, 0.25) is 0 Å². The average Bonchev–Trinajstić information content (AvgIpc) is 2.68. The van der Waals surface area contributed by atoms with Crippen molar-refractivity contribution in [1.82, 2.24) is 10.2 Å². The number of hydrogen-bond acceptors (Lipinski definition) is 2. The summed E-state index contributed by atoms with van der Waals surface area (Å²) in [4.78, 5) is 13.1. The van der Waals surface area contributed by atoms with E-state index in [-0.39, 0.29) is 6.03 Å². The molecule has 4 heteroatoms. The van der Waals surface area contributed by atoms with Crippen LogP contribution in [0.1, 0.15) is 12.5 Å². The second-order valence-electron chi connectivity index (χ2n) is 3.73. The first kappa shape index (κ1) is 10.8. The molecular weight excluding hydrogens is 204 g/mol. The summed E-state index contributed by atoms with van der Waals surface area (Å²) in [6.45, 7) is 4.83. The first-order valence-corrected chi connectivity index (χ1v) is 5.54. The van der Waals surface area contributed by atoms with E-state index >= 15 is 0 Å². The standard InChI is InChI=1S/C12H16N2O2/c1-2-16-11-5-3-10(4-6-11)9-14-8-7-13-12(14)15/h3-6H,2,7-9H2,1H3,(H,13,15). The summed E-state index contributed by atoms with van der Waals surface area (Å²) in [6.07, 6.45) is 0. The van der Waals surface area contributed by atoms with Crippen LogP contribution in [0, 0.1) is 0 Å². The van der Waals surface area contributed by atoms with Crippen molar-refractivity contribution in [3.63, 3.8) is 0 Å². The third-order valence-electron chi connectivity index (χ3n) is 2.55. The maximum Gasteiger partial charge on any atom is 0.317 e. The maximum absolute atomic E-state index is 11.3. The Bertz CT molecular complexity index is 362. The number of urea groups is 1. The highest BCUT2D eigenvalue weighted by Crippen LogP contribution is 2.14. The molecule has 0 aromatic heterocycles. The van der Waals surface area contributed by atoms with E-state index in [1.54, 1.807) is 4.90 Å². The van der Waals surface area contributed by atoms with Crippen molar-refractivity contribution in [2.75, 3.05) is 19.7 Å². The molecule has 1 aliphatic heterocycles. The Kier molecular flexibility index (Phi) is 3.29. The van der Waals surface area contributed by atoms with Gasteiger partial charge in [-0.25, -0.2) is 4.79 Å². The van der Waals surface area contributed by atoms with Crippen molar-refractivity contribution >= 4 is 6.03 Å². The minimum Gasteiger partial charge on any atom is -0.494 e. The molecule has 0 saturated carbocycles. The predicted octanol–water partition coefficient (Wildman–Crippen LogP) is 1.61. The fraction of sp³-hybridized carbons (Fsp3) is 0.417. The van der Waals surface area contributed by atoms with Crippen molar-refractivity contribution < 1.29 is 9.53 Å². The van der Waals surface area contributed by atoms with Gasteiger partial charge in [0, 0.05) is 19.6 Å². The van der Waals surface area contributed by atoms with Crippen molar-refractivity contribution in [2.45, 2.75) is 13.5 Å². The Labute approximate surface area is 95.2 Å². The minimum atomic E-state index is 0.0221. The van der Waals surface area contributed by atoms with Crippen LogP contribution in [0.5, 0.6) is 5.75 Å². The normalized spacial score (nSPS) is 15.1. The van der Waals surface area contributed by atoms with E-state index in [0.29, 0.717) is 13.2 Å². The van der Waals surface area contributed by atoms with Crippen molar-refractivity contribution in [3.05, 3.63) is 29.8 Å². The van der Waals surface area contributed by atoms with Gasteiger partial charge in [0.05, 0.1) is 6.61 Å². The van der Waals surface area contributed by atoms with Gasteiger partial charge in [0.15, 0.2) is 0 Å². The van der Waals surface area contributed by atoms with Gasteiger partial charge < -0.3 is 15.0 Å². The number of amides is 2. The zero-order valence-corrected chi connectivity index (χ0v) is 9.40. The Hall–Kier alpha value is -1.71. The van der Waals surface area contributed by atoms with Crippen LogP contribution in [0.25, 0.3) is 0 Å². The third-order valence-corrected chi connectivity index (χ3v) is 2.55. The summed E-state index contributed by atoms with van der Waals surface area (Å²) in [7, 11) is 0. The molecular formula is C12H16N2O2. The monoisotopic (exact) mass is 220 g/mol. The molecule has 2 amide bonds. The lowest BCUT2D eigenvalue weighted by Gasteiger charge is -2.14. The van der Waals surface area contributed by atoms with Crippen molar-refractivity contribution in [2.24, 2.45) is 0 Å². The number of benzene rings is 1. The molecule has 1 heterocycles. The molecule has 1 aliphatic rings. The molecule has 0 spiro atoms. The van der Waals surface area contributed by atoms with Crippen LogP contribution in [0.15, 0.2) is 24.3 Å². The summed E-state index contributed by atoms with van der Waals surface area (Å²) in [6, 6.07) is 7.89. The number of ether oxygens (including phenoxy) is 1. The number of hydrogen-bond donors (Lipinski definition) is 1. The van der Waals surface area contributed by atoms with Crippen LogP contribution in [0.4, 0.5) is 4.79 Å². The Balaban J connectivity index is 1.96. The molecule has 1 aromatic rings. The largest absolute Gasteiger partial charge is 0.494 e. The second kappa shape index (κ2) is 4.88. The van der Waals surface area contributed by atoms with E-state index in [0.717, 1.165) is 24.4 Å². The smallest absolute Gasteiger partial charge is 0.317 e. The molecule has 1 fully saturated rings. The van der Waals surface area contributed by atoms with E-state index in [4.69, 9.17) is 4.74 Å². The van der Waals surface area contributed by atoms with Crippen molar-refractivity contribution in [3.8, 4) is 5.75 Å². The molecule has 4 nitrogen and oxygen atoms in total. The van der Waals surface area contributed by atoms with Crippen LogP contribution in [-0.2, 0) is 6.54 Å². The predicted molar refractivity (Wildman–Crippen MR) is 61.4 cm³/mol. The van der Waals surface area contributed by atoms with E-state index in [1.165, 1.54) is 0 Å². The molecule has 0 radical (unpaired) electrons. The van der Waals surface area contributed by atoms with Gasteiger partial charge in [-0.3, -0.25) is 0 Å². The van der Waals surface area contributed by atoms with E-state index in [1.807, 2.05) is 31.2 Å². The Morgan fingerprint density at radius 1 is 1.38 bits per heavy atom. The molecule has 1 N–H and O–H groups in total. The highest BCUT2D eigenvalue weighted by molar-refractivity contribution is 5.76. The summed E-state index contributed by atoms with van der Waals surface area (Å²) >= 11 is 0. The highest BCUT2D eigenvalue weighted by atomic mass is 16.5. The lowest BCUT2D eigenvalue weighted by atomic mass is 10.2. The number of carbonyl (C=O) groups is 1. The zero-order valence-electron chi connectivity index (χ0n) is 9.40. The van der Waals surface area contributed by atoms with E-state index < -0.39 is 0 Å². The molecule has 0 bridgehead atoms. The SMILES string of the molecule is CCOc1ccc(CN2CCNC2=O)cc1. The summed E-state index contributed by atoms with van der Waals surface area (Å²) < 4.78 is 5.36. The lowest BCUT2D eigenvalue weighted by molar-refractivity contribution is 0.215. The molecule has 2 rings (SSSR count). The van der Waals surface area contributed by atoms with Crippen LogP contribution >= 0.6 is 0 Å². The van der Waals surface area contributed by atoms with Gasteiger partial charge in [0.25, 0.3) is 0 Å². The topological polar surface area (TPSA) is 41.6 Å². The Morgan fingerprint density at radius 2 is 2.12 bits per heavy atom. The van der Waals surface area contributed by atoms with Crippen LogP contribution in [0.2, 0.25) is 0 Å². The molecule has 0 aliphatic carbocycles. The third kappa shape index (κ3) is 2.45. The quantitative estimate of drug-likeness (QED) is 0.837. The second-order valence-corrected chi connectivity index (χ2v) is 3.73. The molecule has 86 valence electrons. The zero-order chi connectivity index (χ0) is 11.4. The van der Waals surface area contributed by atoms with Gasteiger partial charge in [-0.2, -0.15) is 0 Å².